The van der Waals surface area contributed by atoms with Crippen molar-refractivity contribution in [1.82, 2.24) is 5.32 Å². The maximum Gasteiger partial charge on any atom is 0.251 e. The van der Waals surface area contributed by atoms with E-state index in [2.05, 4.69) is 10.6 Å². The Kier molecular flexibility index (Phi) is 6.07. The van der Waals surface area contributed by atoms with Crippen molar-refractivity contribution in [2.75, 3.05) is 11.6 Å². The van der Waals surface area contributed by atoms with Crippen LogP contribution in [0.3, 0.4) is 0 Å². The minimum absolute atomic E-state index is 0.274. The zero-order chi connectivity index (χ0) is 16.8. The van der Waals surface area contributed by atoms with E-state index in [1.165, 1.54) is 0 Å². The van der Waals surface area contributed by atoms with Crippen LogP contribution in [0.4, 0.5) is 5.69 Å². The van der Waals surface area contributed by atoms with E-state index in [1.807, 2.05) is 30.5 Å². The molecule has 1 atom stereocenters. The first-order valence-corrected chi connectivity index (χ1v) is 8.61. The van der Waals surface area contributed by atoms with E-state index in [9.17, 15) is 9.59 Å². The molecule has 2 N–H and O–H groups in total. The van der Waals surface area contributed by atoms with E-state index in [0.717, 1.165) is 4.90 Å². The fourth-order valence-corrected chi connectivity index (χ4v) is 2.41. The topological polar surface area (TPSA) is 58.2 Å². The lowest BCUT2D eigenvalue weighted by atomic mass is 10.2. The van der Waals surface area contributed by atoms with Crippen LogP contribution in [-0.4, -0.2) is 24.1 Å². The van der Waals surface area contributed by atoms with Gasteiger partial charge in [0.15, 0.2) is 0 Å². The number of amides is 2. The molecule has 0 saturated heterocycles. The van der Waals surface area contributed by atoms with Crippen molar-refractivity contribution >= 4 is 40.9 Å². The summed E-state index contributed by atoms with van der Waals surface area (Å²) in [5, 5.41) is 5.99. The van der Waals surface area contributed by atoms with Crippen molar-refractivity contribution in [3.05, 3.63) is 59.1 Å². The van der Waals surface area contributed by atoms with Crippen molar-refractivity contribution in [1.29, 1.82) is 0 Å². The Morgan fingerprint density at radius 2 is 1.65 bits per heavy atom. The van der Waals surface area contributed by atoms with Crippen LogP contribution in [-0.2, 0) is 4.79 Å². The summed E-state index contributed by atoms with van der Waals surface area (Å²) < 4.78 is 0. The summed E-state index contributed by atoms with van der Waals surface area (Å²) in [7, 11) is 0. The van der Waals surface area contributed by atoms with Crippen LogP contribution in [0.2, 0.25) is 5.02 Å². The monoisotopic (exact) mass is 348 g/mol. The maximum absolute atomic E-state index is 12.1. The van der Waals surface area contributed by atoms with Crippen LogP contribution < -0.4 is 10.6 Å². The van der Waals surface area contributed by atoms with Gasteiger partial charge in [-0.15, -0.1) is 11.8 Å². The molecule has 0 bridgehead atoms. The third-order valence-corrected chi connectivity index (χ3v) is 4.20. The van der Waals surface area contributed by atoms with Gasteiger partial charge in [-0.1, -0.05) is 11.6 Å². The standard InChI is InChI=1S/C17H17ClN2O2S/c1-11(19-17(22)12-3-5-13(18)6-4-12)16(21)20-14-7-9-15(23-2)10-8-14/h3-11H,1-2H3,(H,19,22)(H,20,21). The van der Waals surface area contributed by atoms with Crippen molar-refractivity contribution < 1.29 is 9.59 Å². The molecule has 0 heterocycles. The molecular weight excluding hydrogens is 332 g/mol. The van der Waals surface area contributed by atoms with Gasteiger partial charge in [0.1, 0.15) is 6.04 Å². The van der Waals surface area contributed by atoms with Gasteiger partial charge in [-0.05, 0) is 61.7 Å². The van der Waals surface area contributed by atoms with Gasteiger partial charge in [-0.3, -0.25) is 9.59 Å². The molecule has 2 amide bonds. The number of nitrogens with one attached hydrogen (secondary N) is 2. The average molecular weight is 349 g/mol. The molecule has 0 spiro atoms. The molecule has 0 saturated carbocycles. The second kappa shape index (κ2) is 8.04. The number of benzene rings is 2. The summed E-state index contributed by atoms with van der Waals surface area (Å²) in [6.07, 6.45) is 1.99. The lowest BCUT2D eigenvalue weighted by molar-refractivity contribution is -0.117. The van der Waals surface area contributed by atoms with Crippen molar-refractivity contribution in [3.8, 4) is 0 Å². The summed E-state index contributed by atoms with van der Waals surface area (Å²) in [6.45, 7) is 1.64. The van der Waals surface area contributed by atoms with Gasteiger partial charge < -0.3 is 10.6 Å². The average Bonchev–Trinajstić information content (AvgIpc) is 2.56. The highest BCUT2D eigenvalue weighted by molar-refractivity contribution is 7.98. The van der Waals surface area contributed by atoms with Crippen LogP contribution >= 0.6 is 23.4 Å². The molecule has 2 aromatic carbocycles. The number of hydrogen-bond donors (Lipinski definition) is 2. The van der Waals surface area contributed by atoms with E-state index >= 15 is 0 Å². The molecule has 6 heteroatoms. The largest absolute Gasteiger partial charge is 0.341 e. The number of halogens is 1. The summed E-state index contributed by atoms with van der Waals surface area (Å²) in [4.78, 5) is 25.3. The number of carbonyl (C=O) groups excluding carboxylic acids is 2. The van der Waals surface area contributed by atoms with Crippen molar-refractivity contribution in [2.45, 2.75) is 17.9 Å². The predicted octanol–water partition coefficient (Wildman–Crippen LogP) is 3.82. The third-order valence-electron chi connectivity index (χ3n) is 3.20. The van der Waals surface area contributed by atoms with Gasteiger partial charge in [0.05, 0.1) is 0 Å². The van der Waals surface area contributed by atoms with Crippen molar-refractivity contribution in [2.24, 2.45) is 0 Å². The molecule has 0 radical (unpaired) electrons. The van der Waals surface area contributed by atoms with Crippen LogP contribution in [0.25, 0.3) is 0 Å². The van der Waals surface area contributed by atoms with Gasteiger partial charge in [0.2, 0.25) is 5.91 Å². The first kappa shape index (κ1) is 17.4. The van der Waals surface area contributed by atoms with Crippen molar-refractivity contribution in [3.63, 3.8) is 0 Å². The Labute approximate surface area is 144 Å². The quantitative estimate of drug-likeness (QED) is 0.807. The predicted molar refractivity (Wildman–Crippen MR) is 95.2 cm³/mol. The van der Waals surface area contributed by atoms with E-state index in [1.54, 1.807) is 43.0 Å². The first-order valence-electron chi connectivity index (χ1n) is 7.01. The Hall–Kier alpha value is -1.98. The normalized spacial score (nSPS) is 11.6. The molecule has 2 aromatic rings. The molecule has 0 aliphatic carbocycles. The van der Waals surface area contributed by atoms with Crippen LogP contribution in [0, 0.1) is 0 Å². The Morgan fingerprint density at radius 3 is 2.22 bits per heavy atom. The number of thioether (sulfide) groups is 1. The molecule has 0 aliphatic rings. The van der Waals surface area contributed by atoms with Crippen LogP contribution in [0.1, 0.15) is 17.3 Å². The van der Waals surface area contributed by atoms with E-state index in [4.69, 9.17) is 11.6 Å². The van der Waals surface area contributed by atoms with Gasteiger partial charge in [0, 0.05) is 21.2 Å². The second-order valence-corrected chi connectivity index (χ2v) is 6.24. The molecule has 0 aliphatic heterocycles. The number of carbonyl (C=O) groups is 2. The summed E-state index contributed by atoms with van der Waals surface area (Å²) >= 11 is 7.42. The van der Waals surface area contributed by atoms with Crippen LogP contribution in [0.5, 0.6) is 0 Å². The fraction of sp³-hybridized carbons (Fsp3) is 0.176. The Balaban J connectivity index is 1.93. The van der Waals surface area contributed by atoms with Gasteiger partial charge in [0.25, 0.3) is 5.91 Å². The maximum atomic E-state index is 12.1. The molecule has 120 valence electrons. The fourth-order valence-electron chi connectivity index (χ4n) is 1.87. The first-order chi connectivity index (χ1) is 11.0. The summed E-state index contributed by atoms with van der Waals surface area (Å²) in [5.41, 5.74) is 1.15. The minimum Gasteiger partial charge on any atom is -0.341 e. The molecular formula is C17H17ClN2O2S. The lowest BCUT2D eigenvalue weighted by Gasteiger charge is -2.14. The molecule has 0 fully saturated rings. The van der Waals surface area contributed by atoms with E-state index in [0.29, 0.717) is 16.3 Å². The zero-order valence-electron chi connectivity index (χ0n) is 12.8. The molecule has 23 heavy (non-hydrogen) atoms. The smallest absolute Gasteiger partial charge is 0.251 e. The van der Waals surface area contributed by atoms with Crippen LogP contribution in [0.15, 0.2) is 53.4 Å². The molecule has 1 unspecified atom stereocenters. The number of anilines is 1. The van der Waals surface area contributed by atoms with E-state index in [-0.39, 0.29) is 11.8 Å². The van der Waals surface area contributed by atoms with Gasteiger partial charge in [-0.25, -0.2) is 0 Å². The zero-order valence-corrected chi connectivity index (χ0v) is 14.4. The SMILES string of the molecule is CSc1ccc(NC(=O)C(C)NC(=O)c2ccc(Cl)cc2)cc1. The Bertz CT molecular complexity index is 687. The number of rotatable bonds is 5. The molecule has 4 nitrogen and oxygen atoms in total. The summed E-state index contributed by atoms with van der Waals surface area (Å²) in [6, 6.07) is 13.4. The highest BCUT2D eigenvalue weighted by atomic mass is 35.5. The molecule has 0 aromatic heterocycles. The van der Waals surface area contributed by atoms with Gasteiger partial charge >= 0.3 is 0 Å². The number of hydrogen-bond acceptors (Lipinski definition) is 3. The lowest BCUT2D eigenvalue weighted by Crippen LogP contribution is -2.41. The molecule has 2 rings (SSSR count). The summed E-state index contributed by atoms with van der Waals surface area (Å²) in [5.74, 6) is -0.591. The minimum atomic E-state index is -0.654. The van der Waals surface area contributed by atoms with E-state index < -0.39 is 6.04 Å². The van der Waals surface area contributed by atoms with Gasteiger partial charge in [-0.2, -0.15) is 0 Å². The highest BCUT2D eigenvalue weighted by Crippen LogP contribution is 2.17. The third kappa shape index (κ3) is 5.01. The second-order valence-electron chi connectivity index (χ2n) is 4.92. The highest BCUT2D eigenvalue weighted by Gasteiger charge is 2.16. The Morgan fingerprint density at radius 1 is 1.04 bits per heavy atom.